The molecule has 0 bridgehead atoms. The molecule has 4 aromatic rings. The van der Waals surface area contributed by atoms with Crippen LogP contribution in [0.15, 0.2) is 48.8 Å². The van der Waals surface area contributed by atoms with Crippen LogP contribution in [-0.4, -0.2) is 12.1 Å². The predicted molar refractivity (Wildman–Crippen MR) is 139 cm³/mol. The van der Waals surface area contributed by atoms with E-state index in [0.29, 0.717) is 0 Å². The Kier molecular flexibility index (Phi) is 4.00. The third-order valence-electron chi connectivity index (χ3n) is 9.05. The fraction of sp³-hybridized carbons (Fsp3) is 0.419. The molecule has 0 radical (unpaired) electrons. The van der Waals surface area contributed by atoms with Crippen molar-refractivity contribution in [3.05, 3.63) is 71.0 Å². The number of rotatable bonds is 1. The van der Waals surface area contributed by atoms with E-state index in [2.05, 4.69) is 103 Å². The Hall–Kier alpha value is -2.78. The molecule has 0 saturated carbocycles. The van der Waals surface area contributed by atoms with Crippen LogP contribution < -0.4 is 4.57 Å². The number of benzene rings is 2. The zero-order valence-electron chi connectivity index (χ0n) is 21.9. The summed E-state index contributed by atoms with van der Waals surface area (Å²) in [5.74, 6) is 0. The highest BCUT2D eigenvalue weighted by Crippen LogP contribution is 2.57. The quantitative estimate of drug-likeness (QED) is 0.295. The number of methoxy groups -OCH3 is 1. The van der Waals surface area contributed by atoms with Gasteiger partial charge in [-0.3, -0.25) is 4.98 Å². The average molecular weight is 452 g/mol. The second-order valence-electron chi connectivity index (χ2n) is 12.5. The van der Waals surface area contributed by atoms with Crippen LogP contribution in [0.5, 0.6) is 0 Å². The van der Waals surface area contributed by atoms with Gasteiger partial charge < -0.3 is 4.74 Å². The summed E-state index contributed by atoms with van der Waals surface area (Å²) in [7, 11) is 1.84. The van der Waals surface area contributed by atoms with Crippen molar-refractivity contribution in [2.45, 2.75) is 77.4 Å². The largest absolute Gasteiger partial charge is 0.321 e. The standard InChI is InChI=1S/C31H35N2O/c1-28(2,3)19-15-18-12-14-33-27-24(18)21(16-19)29(4,5)26-20-11-10-13-32-23(20)17-22(25(26)27)30(6,7)31(33,8)34-9/h10-17H,1-9H3/q+1/t31-/m1/s1. The summed E-state index contributed by atoms with van der Waals surface area (Å²) in [4.78, 5) is 4.84. The van der Waals surface area contributed by atoms with Crippen molar-refractivity contribution < 1.29 is 9.30 Å². The molecular weight excluding hydrogens is 416 g/mol. The fourth-order valence-corrected chi connectivity index (χ4v) is 6.59. The predicted octanol–water partition coefficient (Wildman–Crippen LogP) is 6.89. The molecule has 2 aromatic heterocycles. The van der Waals surface area contributed by atoms with Gasteiger partial charge in [0.25, 0.3) is 5.72 Å². The van der Waals surface area contributed by atoms with E-state index >= 15 is 0 Å². The molecule has 1 aliphatic heterocycles. The SMILES string of the molecule is CO[C@@]1(C)[n+]2ccc3cc(C(C)(C)C)cc4c3c2-c2c(cc3ncccc3c2C4(C)C)C1(C)C. The molecular formula is C31H35N2O+. The molecule has 0 saturated heterocycles. The van der Waals surface area contributed by atoms with Crippen molar-refractivity contribution in [1.29, 1.82) is 0 Å². The number of nitrogens with zero attached hydrogens (tertiary/aromatic N) is 2. The van der Waals surface area contributed by atoms with E-state index in [0.717, 1.165) is 5.52 Å². The molecule has 2 aliphatic rings. The lowest BCUT2D eigenvalue weighted by atomic mass is 9.61. The number of pyridine rings is 2. The van der Waals surface area contributed by atoms with Crippen LogP contribution in [0, 0.1) is 0 Å². The lowest BCUT2D eigenvalue weighted by Crippen LogP contribution is -2.68. The zero-order valence-corrected chi connectivity index (χ0v) is 21.9. The Morgan fingerprint density at radius 3 is 2.35 bits per heavy atom. The first-order chi connectivity index (χ1) is 15.8. The third kappa shape index (κ3) is 2.36. The molecule has 0 amide bonds. The highest BCUT2D eigenvalue weighted by molar-refractivity contribution is 6.06. The second-order valence-corrected chi connectivity index (χ2v) is 12.5. The van der Waals surface area contributed by atoms with Gasteiger partial charge in [0.2, 0.25) is 5.69 Å². The van der Waals surface area contributed by atoms with Gasteiger partial charge in [0, 0.05) is 37.1 Å². The highest BCUT2D eigenvalue weighted by Gasteiger charge is 2.59. The first-order valence-electron chi connectivity index (χ1n) is 12.4. The number of fused-ring (bicyclic) bond motifs is 2. The molecule has 3 nitrogen and oxygen atoms in total. The minimum atomic E-state index is -0.537. The van der Waals surface area contributed by atoms with E-state index in [1.54, 1.807) is 0 Å². The molecule has 1 aliphatic carbocycles. The number of hydrogen-bond acceptors (Lipinski definition) is 2. The smallest absolute Gasteiger partial charge is 0.278 e. The molecule has 3 heteroatoms. The first kappa shape index (κ1) is 21.7. The summed E-state index contributed by atoms with van der Waals surface area (Å²) >= 11 is 0. The molecule has 6 rings (SSSR count). The summed E-state index contributed by atoms with van der Waals surface area (Å²) in [6.07, 6.45) is 4.16. The molecule has 0 spiro atoms. The Morgan fingerprint density at radius 2 is 1.68 bits per heavy atom. The van der Waals surface area contributed by atoms with Crippen molar-refractivity contribution in [3.63, 3.8) is 0 Å². The van der Waals surface area contributed by atoms with Crippen LogP contribution in [0.3, 0.4) is 0 Å². The maximum absolute atomic E-state index is 6.37. The minimum Gasteiger partial charge on any atom is -0.321 e. The van der Waals surface area contributed by atoms with Crippen molar-refractivity contribution in [2.24, 2.45) is 0 Å². The van der Waals surface area contributed by atoms with Gasteiger partial charge in [-0.2, -0.15) is 4.57 Å². The van der Waals surface area contributed by atoms with Gasteiger partial charge in [0.15, 0.2) is 6.20 Å². The van der Waals surface area contributed by atoms with E-state index in [-0.39, 0.29) is 16.2 Å². The second kappa shape index (κ2) is 6.26. The molecule has 0 unspecified atom stereocenters. The van der Waals surface area contributed by atoms with E-state index < -0.39 is 5.72 Å². The van der Waals surface area contributed by atoms with Gasteiger partial charge in [-0.1, -0.05) is 52.8 Å². The first-order valence-corrected chi connectivity index (χ1v) is 12.4. The van der Waals surface area contributed by atoms with Crippen LogP contribution >= 0.6 is 0 Å². The normalized spacial score (nSPS) is 21.8. The topological polar surface area (TPSA) is 26.0 Å². The lowest BCUT2D eigenvalue weighted by Gasteiger charge is -2.47. The average Bonchev–Trinajstić information content (AvgIpc) is 2.78. The monoisotopic (exact) mass is 451 g/mol. The molecule has 2 aromatic carbocycles. The summed E-state index contributed by atoms with van der Waals surface area (Å²) in [5.41, 5.74) is 8.29. The number of aromatic nitrogens is 2. The maximum atomic E-state index is 6.37. The van der Waals surface area contributed by atoms with Crippen LogP contribution in [0.1, 0.15) is 77.6 Å². The van der Waals surface area contributed by atoms with Crippen LogP contribution in [0.4, 0.5) is 0 Å². The van der Waals surface area contributed by atoms with Gasteiger partial charge in [0.1, 0.15) is 0 Å². The highest BCUT2D eigenvalue weighted by atomic mass is 16.5. The molecule has 1 atom stereocenters. The van der Waals surface area contributed by atoms with Crippen LogP contribution in [0.2, 0.25) is 0 Å². The Morgan fingerprint density at radius 1 is 0.941 bits per heavy atom. The molecule has 174 valence electrons. The molecule has 0 fully saturated rings. The van der Waals surface area contributed by atoms with E-state index in [1.165, 1.54) is 49.7 Å². The van der Waals surface area contributed by atoms with Crippen LogP contribution in [0.25, 0.3) is 32.9 Å². The molecule has 0 N–H and O–H groups in total. The van der Waals surface area contributed by atoms with E-state index in [9.17, 15) is 0 Å². The lowest BCUT2D eigenvalue weighted by molar-refractivity contribution is -0.807. The van der Waals surface area contributed by atoms with Gasteiger partial charge in [-0.25, -0.2) is 0 Å². The Labute approximate surface area is 202 Å². The van der Waals surface area contributed by atoms with Gasteiger partial charge >= 0.3 is 0 Å². The minimum absolute atomic E-state index is 0.0681. The summed E-state index contributed by atoms with van der Waals surface area (Å²) < 4.78 is 8.77. The summed E-state index contributed by atoms with van der Waals surface area (Å²) in [6.45, 7) is 18.6. The van der Waals surface area contributed by atoms with Gasteiger partial charge in [-0.05, 0) is 59.0 Å². The van der Waals surface area contributed by atoms with Crippen molar-refractivity contribution >= 4 is 21.7 Å². The maximum Gasteiger partial charge on any atom is 0.278 e. The Bertz CT molecular complexity index is 1540. The van der Waals surface area contributed by atoms with Gasteiger partial charge in [-0.15, -0.1) is 0 Å². The number of ether oxygens (including phenoxy) is 1. The number of hydrogen-bond donors (Lipinski definition) is 0. The van der Waals surface area contributed by atoms with Crippen molar-refractivity contribution in [1.82, 2.24) is 4.98 Å². The third-order valence-corrected chi connectivity index (χ3v) is 9.05. The fourth-order valence-electron chi connectivity index (χ4n) is 6.59. The van der Waals surface area contributed by atoms with Crippen molar-refractivity contribution in [3.8, 4) is 11.3 Å². The zero-order chi connectivity index (χ0) is 24.4. The van der Waals surface area contributed by atoms with Crippen molar-refractivity contribution in [2.75, 3.05) is 7.11 Å². The van der Waals surface area contributed by atoms with E-state index in [1.807, 2.05) is 13.3 Å². The van der Waals surface area contributed by atoms with Gasteiger partial charge in [0.05, 0.1) is 21.9 Å². The van der Waals surface area contributed by atoms with E-state index in [4.69, 9.17) is 9.72 Å². The molecule has 3 heterocycles. The molecule has 34 heavy (non-hydrogen) atoms. The summed E-state index contributed by atoms with van der Waals surface area (Å²) in [6, 6.07) is 13.8. The Balaban J connectivity index is 1.93. The van der Waals surface area contributed by atoms with Crippen LogP contribution in [-0.2, 0) is 26.7 Å². The summed E-state index contributed by atoms with van der Waals surface area (Å²) in [5, 5.41) is 3.91.